The molecule has 0 fully saturated rings. The Labute approximate surface area is 109 Å². The highest BCUT2D eigenvalue weighted by Crippen LogP contribution is 2.29. The van der Waals surface area contributed by atoms with Crippen molar-refractivity contribution >= 4 is 17.2 Å². The van der Waals surface area contributed by atoms with Gasteiger partial charge >= 0.3 is 17.2 Å². The van der Waals surface area contributed by atoms with Gasteiger partial charge in [0.25, 0.3) is 0 Å². The van der Waals surface area contributed by atoms with Crippen molar-refractivity contribution in [1.29, 1.82) is 0 Å². The number of nitro groups is 3. The summed E-state index contributed by atoms with van der Waals surface area (Å²) in [5, 5.41) is 35.5. The number of hydrogen-bond acceptors (Lipinski definition) is 7. The Bertz CT molecular complexity index is 723. The number of benzene rings is 1. The van der Waals surface area contributed by atoms with Gasteiger partial charge in [0.2, 0.25) is 0 Å². The van der Waals surface area contributed by atoms with Crippen LogP contribution in [0.1, 0.15) is 0 Å². The fraction of sp³-hybridized carbons (Fsp3) is 0. The molecule has 11 heteroatoms. The molecule has 0 radical (unpaired) electrons. The van der Waals surface area contributed by atoms with Crippen LogP contribution >= 0.6 is 0 Å². The van der Waals surface area contributed by atoms with Gasteiger partial charge in [0, 0.05) is 6.07 Å². The first-order valence-corrected chi connectivity index (χ1v) is 5.03. The summed E-state index contributed by atoms with van der Waals surface area (Å²) in [7, 11) is 0. The van der Waals surface area contributed by atoms with E-state index in [0.717, 1.165) is 22.9 Å². The van der Waals surface area contributed by atoms with Crippen LogP contribution in [0.25, 0.3) is 5.69 Å². The molecule has 1 aromatic carbocycles. The molecule has 11 nitrogen and oxygen atoms in total. The van der Waals surface area contributed by atoms with Crippen molar-refractivity contribution in [2.45, 2.75) is 0 Å². The second-order valence-electron chi connectivity index (χ2n) is 3.56. The number of aromatic nitrogens is 2. The minimum Gasteiger partial charge on any atom is -0.358 e. The van der Waals surface area contributed by atoms with Gasteiger partial charge in [-0.15, -0.1) is 4.68 Å². The summed E-state index contributed by atoms with van der Waals surface area (Å²) < 4.78 is 1.02. The minimum absolute atomic E-state index is 0.107. The van der Waals surface area contributed by atoms with E-state index in [-0.39, 0.29) is 5.69 Å². The van der Waals surface area contributed by atoms with Crippen LogP contribution in [0.15, 0.2) is 30.5 Å². The van der Waals surface area contributed by atoms with Crippen molar-refractivity contribution < 1.29 is 14.8 Å². The molecule has 20 heavy (non-hydrogen) atoms. The number of nitro benzene ring substituents is 2. The fourth-order valence-corrected chi connectivity index (χ4v) is 1.51. The Morgan fingerprint density at radius 2 is 1.55 bits per heavy atom. The van der Waals surface area contributed by atoms with Crippen LogP contribution < -0.4 is 0 Å². The van der Waals surface area contributed by atoms with Crippen molar-refractivity contribution in [3.63, 3.8) is 0 Å². The molecule has 0 saturated heterocycles. The number of rotatable bonds is 4. The van der Waals surface area contributed by atoms with Crippen LogP contribution in [0.2, 0.25) is 0 Å². The van der Waals surface area contributed by atoms with Crippen molar-refractivity contribution in [3.05, 3.63) is 60.8 Å². The van der Waals surface area contributed by atoms with E-state index < -0.39 is 32.0 Å². The van der Waals surface area contributed by atoms with E-state index in [2.05, 4.69) is 5.10 Å². The van der Waals surface area contributed by atoms with E-state index in [0.29, 0.717) is 0 Å². The summed E-state index contributed by atoms with van der Waals surface area (Å²) in [5.74, 6) is -0.439. The highest BCUT2D eigenvalue weighted by molar-refractivity contribution is 5.57. The molecule has 0 aliphatic heterocycles. The second kappa shape index (κ2) is 4.72. The predicted molar refractivity (Wildman–Crippen MR) is 63.5 cm³/mol. The standard InChI is InChI=1S/C9H5N5O6/c15-12(16)7-2-1-6(5-8(7)13(17)18)11-4-3-9(10-11)14(19)20/h1-5H. The van der Waals surface area contributed by atoms with Gasteiger partial charge in [-0.25, -0.2) is 0 Å². The zero-order valence-corrected chi connectivity index (χ0v) is 9.57. The maximum atomic E-state index is 10.8. The van der Waals surface area contributed by atoms with Gasteiger partial charge in [-0.05, 0) is 11.0 Å². The summed E-state index contributed by atoms with van der Waals surface area (Å²) in [5.41, 5.74) is -1.28. The normalized spacial score (nSPS) is 10.2. The molecular weight excluding hydrogens is 274 g/mol. The fourth-order valence-electron chi connectivity index (χ4n) is 1.51. The molecule has 102 valence electrons. The van der Waals surface area contributed by atoms with Crippen LogP contribution in [-0.2, 0) is 0 Å². The summed E-state index contributed by atoms with van der Waals surface area (Å²) in [6, 6.07) is 4.19. The van der Waals surface area contributed by atoms with E-state index in [1.807, 2.05) is 0 Å². The van der Waals surface area contributed by atoms with Gasteiger partial charge < -0.3 is 10.1 Å². The SMILES string of the molecule is O=[N+]([O-])c1ccn(-c2ccc([N+](=O)[O-])c([N+](=O)[O-])c2)n1. The molecule has 2 rings (SSSR count). The monoisotopic (exact) mass is 279 g/mol. The van der Waals surface area contributed by atoms with Crippen molar-refractivity contribution in [3.8, 4) is 5.69 Å². The molecule has 0 N–H and O–H groups in total. The van der Waals surface area contributed by atoms with Crippen LogP contribution in [0.4, 0.5) is 17.2 Å². The molecule has 1 aromatic heterocycles. The minimum atomic E-state index is -0.903. The molecule has 0 aliphatic rings. The molecule has 0 amide bonds. The third-order valence-corrected chi connectivity index (χ3v) is 2.38. The van der Waals surface area contributed by atoms with Gasteiger partial charge in [0.1, 0.15) is 0 Å². The van der Waals surface area contributed by atoms with Crippen LogP contribution in [-0.4, -0.2) is 24.6 Å². The topological polar surface area (TPSA) is 147 Å². The summed E-state index contributed by atoms with van der Waals surface area (Å²) in [4.78, 5) is 29.4. The Morgan fingerprint density at radius 3 is 2.05 bits per heavy atom. The van der Waals surface area contributed by atoms with Crippen molar-refractivity contribution in [2.24, 2.45) is 0 Å². The molecule has 0 unspecified atom stereocenters. The largest absolute Gasteiger partial charge is 0.390 e. The lowest BCUT2D eigenvalue weighted by Crippen LogP contribution is -2.01. The molecule has 0 bridgehead atoms. The highest BCUT2D eigenvalue weighted by atomic mass is 16.6. The molecule has 1 heterocycles. The number of hydrogen-bond donors (Lipinski definition) is 0. The zero-order valence-electron chi connectivity index (χ0n) is 9.57. The average Bonchev–Trinajstić information content (AvgIpc) is 2.87. The van der Waals surface area contributed by atoms with Gasteiger partial charge in [-0.2, -0.15) is 0 Å². The average molecular weight is 279 g/mol. The summed E-state index contributed by atoms with van der Waals surface area (Å²) >= 11 is 0. The van der Waals surface area contributed by atoms with Gasteiger partial charge in [-0.1, -0.05) is 0 Å². The van der Waals surface area contributed by atoms with Crippen LogP contribution in [0, 0.1) is 30.3 Å². The predicted octanol–water partition coefficient (Wildman–Crippen LogP) is 1.60. The first-order valence-electron chi connectivity index (χ1n) is 5.03. The van der Waals surface area contributed by atoms with Gasteiger partial charge in [0.05, 0.1) is 39.0 Å². The summed E-state index contributed by atoms with van der Waals surface area (Å²) in [6.45, 7) is 0. The Hall–Kier alpha value is -3.37. The first-order chi connectivity index (χ1) is 9.40. The van der Waals surface area contributed by atoms with E-state index in [9.17, 15) is 30.3 Å². The third kappa shape index (κ3) is 2.27. The Morgan fingerprint density at radius 1 is 0.900 bits per heavy atom. The van der Waals surface area contributed by atoms with E-state index in [1.54, 1.807) is 0 Å². The smallest absolute Gasteiger partial charge is 0.358 e. The lowest BCUT2D eigenvalue weighted by Gasteiger charge is -1.98. The van der Waals surface area contributed by atoms with Gasteiger partial charge in [-0.3, -0.25) is 20.2 Å². The van der Waals surface area contributed by atoms with Gasteiger partial charge in [0.15, 0.2) is 0 Å². The van der Waals surface area contributed by atoms with Crippen molar-refractivity contribution in [2.75, 3.05) is 0 Å². The molecule has 0 spiro atoms. The number of nitrogens with zero attached hydrogens (tertiary/aromatic N) is 5. The maximum Gasteiger partial charge on any atom is 0.390 e. The third-order valence-electron chi connectivity index (χ3n) is 2.38. The first kappa shape index (κ1) is 13.1. The second-order valence-corrected chi connectivity index (χ2v) is 3.56. The van der Waals surface area contributed by atoms with E-state index in [4.69, 9.17) is 0 Å². The molecule has 2 aromatic rings. The molecule has 0 aliphatic carbocycles. The lowest BCUT2D eigenvalue weighted by molar-refractivity contribution is -0.422. The summed E-state index contributed by atoms with van der Waals surface area (Å²) in [6.07, 6.45) is 1.23. The molecular formula is C9H5N5O6. The van der Waals surface area contributed by atoms with E-state index in [1.165, 1.54) is 12.3 Å². The Balaban J connectivity index is 2.52. The van der Waals surface area contributed by atoms with Crippen molar-refractivity contribution in [1.82, 2.24) is 9.78 Å². The van der Waals surface area contributed by atoms with E-state index >= 15 is 0 Å². The Kier molecular flexibility index (Phi) is 3.08. The van der Waals surface area contributed by atoms with Crippen LogP contribution in [0.5, 0.6) is 0 Å². The zero-order chi connectivity index (χ0) is 14.9. The lowest BCUT2D eigenvalue weighted by atomic mass is 10.2. The van der Waals surface area contributed by atoms with Crippen LogP contribution in [0.3, 0.4) is 0 Å². The maximum absolute atomic E-state index is 10.8. The molecule has 0 saturated carbocycles. The highest BCUT2D eigenvalue weighted by Gasteiger charge is 2.25. The molecule has 0 atom stereocenters. The quantitative estimate of drug-likeness (QED) is 0.609.